The van der Waals surface area contributed by atoms with E-state index in [1.165, 1.54) is 26.2 Å². The van der Waals surface area contributed by atoms with Crippen molar-refractivity contribution < 1.29 is 4.39 Å². The van der Waals surface area contributed by atoms with Gasteiger partial charge in [0.1, 0.15) is 5.82 Å². The van der Waals surface area contributed by atoms with Crippen molar-refractivity contribution in [3.05, 3.63) is 29.6 Å². The Morgan fingerprint density at radius 1 is 1.17 bits per heavy atom. The van der Waals surface area contributed by atoms with Crippen LogP contribution < -0.4 is 15.5 Å². The van der Waals surface area contributed by atoms with Gasteiger partial charge in [-0.15, -0.1) is 24.0 Å². The van der Waals surface area contributed by atoms with Crippen molar-refractivity contribution in [2.45, 2.75) is 31.8 Å². The molecule has 4 fully saturated rings. The highest BCUT2D eigenvalue weighted by atomic mass is 127. The minimum Gasteiger partial charge on any atom is -0.369 e. The van der Waals surface area contributed by atoms with Crippen molar-refractivity contribution in [1.82, 2.24) is 20.4 Å². The molecule has 0 aliphatic carbocycles. The van der Waals surface area contributed by atoms with Gasteiger partial charge in [-0.05, 0) is 43.5 Å². The predicted molar refractivity (Wildman–Crippen MR) is 128 cm³/mol. The number of halogens is 2. The average molecular weight is 516 g/mol. The maximum absolute atomic E-state index is 13.4. The summed E-state index contributed by atoms with van der Waals surface area (Å²) in [5.41, 5.74) is 2.13. The number of hydrogen-bond donors (Lipinski definition) is 2. The Hall–Kier alpha value is -1.13. The standard InChI is InChI=1S/C21H33FN6.HI/c1-16-12-17(22)5-6-20(16)28-7-3-4-18(14-28)25-21(23-2)24-13-19-15-26-8-10-27(19)11-9-26;/h5-6,12,18-19H,3-4,7-11,13-15H2,1-2H3,(H2,23,24,25);1H. The molecule has 2 bridgehead atoms. The molecule has 162 valence electrons. The number of benzene rings is 1. The molecular formula is C21H34FIN6. The van der Waals surface area contributed by atoms with Gasteiger partial charge in [-0.1, -0.05) is 0 Å². The fraction of sp³-hybridized carbons (Fsp3) is 0.667. The molecule has 0 amide bonds. The lowest BCUT2D eigenvalue weighted by molar-refractivity contribution is 0.0154. The monoisotopic (exact) mass is 516 g/mol. The molecule has 4 saturated heterocycles. The van der Waals surface area contributed by atoms with Crippen LogP contribution in [0.5, 0.6) is 0 Å². The van der Waals surface area contributed by atoms with Crippen LogP contribution in [0.4, 0.5) is 10.1 Å². The molecule has 4 aliphatic heterocycles. The number of nitrogens with one attached hydrogen (secondary N) is 2. The highest BCUT2D eigenvalue weighted by Gasteiger charge is 2.31. The lowest BCUT2D eigenvalue weighted by atomic mass is 10.0. The molecule has 5 rings (SSSR count). The maximum Gasteiger partial charge on any atom is 0.191 e. The molecule has 2 atom stereocenters. The van der Waals surface area contributed by atoms with Crippen LogP contribution in [0.15, 0.2) is 23.2 Å². The molecule has 2 unspecified atom stereocenters. The SMILES string of the molecule is CN=C(NCC1CN2CCN1CC2)NC1CCCN(c2ccc(F)cc2C)C1.I. The zero-order chi connectivity index (χ0) is 19.5. The van der Waals surface area contributed by atoms with E-state index in [4.69, 9.17) is 0 Å². The lowest BCUT2D eigenvalue weighted by Crippen LogP contribution is -2.64. The Kier molecular flexibility index (Phi) is 7.98. The molecule has 0 spiro atoms. The van der Waals surface area contributed by atoms with E-state index < -0.39 is 0 Å². The van der Waals surface area contributed by atoms with Crippen LogP contribution in [-0.2, 0) is 0 Å². The Labute approximate surface area is 190 Å². The maximum atomic E-state index is 13.4. The molecule has 1 aromatic rings. The summed E-state index contributed by atoms with van der Waals surface area (Å²) in [6.07, 6.45) is 2.25. The topological polar surface area (TPSA) is 46.1 Å². The number of fused-ring (bicyclic) bond motifs is 3. The molecule has 2 N–H and O–H groups in total. The summed E-state index contributed by atoms with van der Waals surface area (Å²) < 4.78 is 13.4. The first-order valence-corrected chi connectivity index (χ1v) is 10.6. The van der Waals surface area contributed by atoms with E-state index in [0.29, 0.717) is 12.1 Å². The van der Waals surface area contributed by atoms with Gasteiger partial charge in [0.05, 0.1) is 0 Å². The number of aryl methyl sites for hydroxylation is 1. The largest absolute Gasteiger partial charge is 0.369 e. The lowest BCUT2D eigenvalue weighted by Gasteiger charge is -2.47. The van der Waals surface area contributed by atoms with E-state index in [1.807, 2.05) is 20.0 Å². The Bertz CT molecular complexity index is 706. The molecule has 4 aliphatic rings. The number of nitrogens with zero attached hydrogens (tertiary/aromatic N) is 4. The average Bonchev–Trinajstić information content (AvgIpc) is 2.72. The number of hydrogen-bond acceptors (Lipinski definition) is 4. The first-order chi connectivity index (χ1) is 13.6. The molecule has 4 heterocycles. The smallest absolute Gasteiger partial charge is 0.191 e. The molecular weight excluding hydrogens is 482 g/mol. The highest BCUT2D eigenvalue weighted by Crippen LogP contribution is 2.24. The molecule has 8 heteroatoms. The molecule has 0 saturated carbocycles. The van der Waals surface area contributed by atoms with Gasteiger partial charge in [-0.2, -0.15) is 0 Å². The van der Waals surface area contributed by atoms with Crippen LogP contribution in [-0.4, -0.2) is 87.2 Å². The Balaban J connectivity index is 0.00000240. The minimum atomic E-state index is -0.166. The van der Waals surface area contributed by atoms with Gasteiger partial charge in [0.25, 0.3) is 0 Å². The van der Waals surface area contributed by atoms with E-state index in [9.17, 15) is 4.39 Å². The highest BCUT2D eigenvalue weighted by molar-refractivity contribution is 14.0. The fourth-order valence-electron chi connectivity index (χ4n) is 4.81. The summed E-state index contributed by atoms with van der Waals surface area (Å²) in [5.74, 6) is 0.723. The molecule has 1 aromatic carbocycles. The molecule has 6 nitrogen and oxygen atoms in total. The second-order valence-electron chi connectivity index (χ2n) is 8.30. The van der Waals surface area contributed by atoms with Crippen LogP contribution >= 0.6 is 24.0 Å². The van der Waals surface area contributed by atoms with Crippen LogP contribution in [0.1, 0.15) is 18.4 Å². The molecule has 29 heavy (non-hydrogen) atoms. The number of piperazine rings is 3. The van der Waals surface area contributed by atoms with E-state index in [2.05, 4.69) is 30.3 Å². The van der Waals surface area contributed by atoms with Gasteiger partial charge in [-0.25, -0.2) is 4.39 Å². The third kappa shape index (κ3) is 5.52. The quantitative estimate of drug-likeness (QED) is 0.364. The van der Waals surface area contributed by atoms with Gasteiger partial charge in [0.2, 0.25) is 0 Å². The predicted octanol–water partition coefficient (Wildman–Crippen LogP) is 1.89. The van der Waals surface area contributed by atoms with Gasteiger partial charge in [0.15, 0.2) is 5.96 Å². The summed E-state index contributed by atoms with van der Waals surface area (Å²) in [4.78, 5) is 12.0. The molecule has 0 radical (unpaired) electrons. The zero-order valence-electron chi connectivity index (χ0n) is 17.5. The first-order valence-electron chi connectivity index (χ1n) is 10.6. The van der Waals surface area contributed by atoms with Crippen LogP contribution in [0, 0.1) is 12.7 Å². The van der Waals surface area contributed by atoms with Crippen LogP contribution in [0.2, 0.25) is 0 Å². The van der Waals surface area contributed by atoms with Gasteiger partial charge in [0, 0.05) is 77.2 Å². The van der Waals surface area contributed by atoms with Gasteiger partial charge in [-0.3, -0.25) is 14.8 Å². The van der Waals surface area contributed by atoms with Gasteiger partial charge >= 0.3 is 0 Å². The summed E-state index contributed by atoms with van der Waals surface area (Å²) in [5, 5.41) is 7.16. The summed E-state index contributed by atoms with van der Waals surface area (Å²) in [6, 6.07) is 6.00. The summed E-state index contributed by atoms with van der Waals surface area (Å²) >= 11 is 0. The van der Waals surface area contributed by atoms with E-state index in [0.717, 1.165) is 56.2 Å². The number of piperidine rings is 1. The number of aliphatic imine (C=N–C) groups is 1. The van der Waals surface area contributed by atoms with E-state index >= 15 is 0 Å². The Morgan fingerprint density at radius 3 is 2.62 bits per heavy atom. The van der Waals surface area contributed by atoms with Crippen molar-refractivity contribution >= 4 is 35.6 Å². The van der Waals surface area contributed by atoms with Gasteiger partial charge < -0.3 is 15.5 Å². The van der Waals surface area contributed by atoms with Crippen molar-refractivity contribution in [3.63, 3.8) is 0 Å². The zero-order valence-corrected chi connectivity index (χ0v) is 19.9. The number of anilines is 1. The third-order valence-electron chi connectivity index (χ3n) is 6.38. The second-order valence-corrected chi connectivity index (χ2v) is 8.30. The summed E-state index contributed by atoms with van der Waals surface area (Å²) in [7, 11) is 1.84. The van der Waals surface area contributed by atoms with Crippen molar-refractivity contribution in [1.29, 1.82) is 0 Å². The number of guanidine groups is 1. The third-order valence-corrected chi connectivity index (χ3v) is 6.38. The second kappa shape index (κ2) is 10.3. The fourth-order valence-corrected chi connectivity index (χ4v) is 4.81. The normalized spacial score (nSPS) is 29.3. The van der Waals surface area contributed by atoms with E-state index in [-0.39, 0.29) is 29.8 Å². The Morgan fingerprint density at radius 2 is 1.97 bits per heavy atom. The van der Waals surface area contributed by atoms with Crippen molar-refractivity contribution in [2.24, 2.45) is 4.99 Å². The minimum absolute atomic E-state index is 0. The summed E-state index contributed by atoms with van der Waals surface area (Å²) in [6.45, 7) is 10.8. The van der Waals surface area contributed by atoms with Crippen molar-refractivity contribution in [2.75, 3.05) is 64.3 Å². The van der Waals surface area contributed by atoms with Crippen molar-refractivity contribution in [3.8, 4) is 0 Å². The van der Waals surface area contributed by atoms with E-state index in [1.54, 1.807) is 12.1 Å². The first kappa shape index (κ1) is 22.6. The number of rotatable bonds is 4. The molecule has 0 aromatic heterocycles. The van der Waals surface area contributed by atoms with Crippen LogP contribution in [0.25, 0.3) is 0 Å². The van der Waals surface area contributed by atoms with Crippen LogP contribution in [0.3, 0.4) is 0 Å².